The first-order valence-corrected chi connectivity index (χ1v) is 11.4. The topological polar surface area (TPSA) is 109 Å². The van der Waals surface area contributed by atoms with Crippen LogP contribution in [0.4, 0.5) is 16.3 Å². The van der Waals surface area contributed by atoms with Crippen LogP contribution in [-0.2, 0) is 9.53 Å². The number of benzene rings is 1. The van der Waals surface area contributed by atoms with E-state index in [9.17, 15) is 9.59 Å². The number of anilines is 2. The lowest BCUT2D eigenvalue weighted by Gasteiger charge is -2.27. The molecule has 2 aromatic heterocycles. The maximum absolute atomic E-state index is 12.6. The van der Waals surface area contributed by atoms with Crippen molar-refractivity contribution in [3.8, 4) is 22.4 Å². The molecule has 1 aromatic carbocycles. The number of amides is 3. The van der Waals surface area contributed by atoms with Gasteiger partial charge in [-0.3, -0.25) is 9.78 Å². The smallest absolute Gasteiger partial charge is 0.322 e. The predicted molar refractivity (Wildman–Crippen MR) is 128 cm³/mol. The largest absolute Gasteiger partial charge is 0.378 e. The third kappa shape index (κ3) is 5.04. The molecule has 2 fully saturated rings. The number of aromatic nitrogens is 3. The minimum absolute atomic E-state index is 0.0102. The van der Waals surface area contributed by atoms with E-state index >= 15 is 0 Å². The van der Waals surface area contributed by atoms with Gasteiger partial charge in [-0.15, -0.1) is 0 Å². The highest BCUT2D eigenvalue weighted by Crippen LogP contribution is 2.31. The molecule has 3 amide bonds. The molecule has 9 heteroatoms. The van der Waals surface area contributed by atoms with Crippen LogP contribution in [-0.4, -0.2) is 58.1 Å². The lowest BCUT2D eigenvalue weighted by atomic mass is 10.0. The Bertz CT molecular complexity index is 1220. The van der Waals surface area contributed by atoms with Gasteiger partial charge in [0, 0.05) is 41.9 Å². The van der Waals surface area contributed by atoms with Gasteiger partial charge in [-0.05, 0) is 37.5 Å². The molecular formula is C25H26N6O3. The van der Waals surface area contributed by atoms with Crippen molar-refractivity contribution in [2.24, 2.45) is 5.92 Å². The molecule has 1 saturated heterocycles. The molecular weight excluding hydrogens is 432 g/mol. The van der Waals surface area contributed by atoms with E-state index in [4.69, 9.17) is 4.74 Å². The van der Waals surface area contributed by atoms with Crippen LogP contribution >= 0.6 is 0 Å². The van der Waals surface area contributed by atoms with Crippen molar-refractivity contribution in [1.29, 1.82) is 0 Å². The van der Waals surface area contributed by atoms with Gasteiger partial charge in [0.2, 0.25) is 5.91 Å². The Labute approximate surface area is 197 Å². The first-order valence-electron chi connectivity index (χ1n) is 11.4. The number of pyridine rings is 1. The summed E-state index contributed by atoms with van der Waals surface area (Å²) in [5.41, 5.74) is 4.95. The van der Waals surface area contributed by atoms with Crippen LogP contribution in [0.15, 0.2) is 48.9 Å². The van der Waals surface area contributed by atoms with Crippen LogP contribution in [0, 0.1) is 12.8 Å². The Hall–Kier alpha value is -3.85. The molecule has 9 nitrogen and oxygen atoms in total. The molecule has 3 heterocycles. The maximum atomic E-state index is 12.6. The van der Waals surface area contributed by atoms with Crippen molar-refractivity contribution in [3.63, 3.8) is 0 Å². The van der Waals surface area contributed by atoms with E-state index in [2.05, 4.69) is 25.6 Å². The Morgan fingerprint density at radius 2 is 1.79 bits per heavy atom. The van der Waals surface area contributed by atoms with Crippen LogP contribution in [0.3, 0.4) is 0 Å². The molecule has 2 aliphatic rings. The second-order valence-corrected chi connectivity index (χ2v) is 8.52. The maximum Gasteiger partial charge on any atom is 0.322 e. The van der Waals surface area contributed by atoms with E-state index in [-0.39, 0.29) is 17.9 Å². The van der Waals surface area contributed by atoms with Crippen LogP contribution in [0.25, 0.3) is 22.4 Å². The summed E-state index contributed by atoms with van der Waals surface area (Å²) >= 11 is 0. The highest BCUT2D eigenvalue weighted by molar-refractivity contribution is 5.93. The molecule has 1 saturated carbocycles. The van der Waals surface area contributed by atoms with Gasteiger partial charge < -0.3 is 20.3 Å². The van der Waals surface area contributed by atoms with Gasteiger partial charge in [0.1, 0.15) is 12.1 Å². The number of aryl methyl sites for hydroxylation is 1. The third-order valence-electron chi connectivity index (χ3n) is 5.97. The highest BCUT2D eigenvalue weighted by Gasteiger charge is 2.29. The Kier molecular flexibility index (Phi) is 6.18. The SMILES string of the molecule is Cc1ncc(NC(=O)N2CCOCC2)cc1-c1cccc(-c2cc(NC(=O)C3CC3)ncn2)c1. The summed E-state index contributed by atoms with van der Waals surface area (Å²) in [6, 6.07) is 11.5. The number of ether oxygens (including phenoxy) is 1. The lowest BCUT2D eigenvalue weighted by Crippen LogP contribution is -2.43. The summed E-state index contributed by atoms with van der Waals surface area (Å²) in [5, 5.41) is 5.81. The summed E-state index contributed by atoms with van der Waals surface area (Å²) < 4.78 is 5.32. The Morgan fingerprint density at radius 1 is 1.00 bits per heavy atom. The van der Waals surface area contributed by atoms with Crippen LogP contribution in [0.1, 0.15) is 18.5 Å². The molecule has 0 atom stereocenters. The second-order valence-electron chi connectivity index (χ2n) is 8.52. The zero-order valence-corrected chi connectivity index (χ0v) is 19.0. The standard InChI is InChI=1S/C25H26N6O3/c1-16-21(12-20(14-26-16)29-25(33)31-7-9-34-10-8-31)18-3-2-4-19(11-18)22-13-23(28-15-27-22)30-24(32)17-5-6-17/h2-4,11-15,17H,5-10H2,1H3,(H,29,33)(H,27,28,30,32). The van der Waals surface area contributed by atoms with Crippen LogP contribution in [0.5, 0.6) is 0 Å². The minimum atomic E-state index is -0.157. The van der Waals surface area contributed by atoms with Gasteiger partial charge >= 0.3 is 6.03 Å². The predicted octanol–water partition coefficient (Wildman–Crippen LogP) is 3.73. The summed E-state index contributed by atoms with van der Waals surface area (Å²) in [6.07, 6.45) is 5.00. The molecule has 0 radical (unpaired) electrons. The van der Waals surface area contributed by atoms with Crippen molar-refractivity contribution < 1.29 is 14.3 Å². The van der Waals surface area contributed by atoms with Crippen LogP contribution < -0.4 is 10.6 Å². The number of hydrogen-bond donors (Lipinski definition) is 2. The highest BCUT2D eigenvalue weighted by atomic mass is 16.5. The van der Waals surface area contributed by atoms with Crippen molar-refractivity contribution in [3.05, 3.63) is 54.6 Å². The molecule has 0 bridgehead atoms. The lowest BCUT2D eigenvalue weighted by molar-refractivity contribution is -0.117. The van der Waals surface area contributed by atoms with Crippen LogP contribution in [0.2, 0.25) is 0 Å². The van der Waals surface area contributed by atoms with Gasteiger partial charge in [-0.2, -0.15) is 0 Å². The fourth-order valence-electron chi connectivity index (χ4n) is 3.87. The van der Waals surface area contributed by atoms with Gasteiger partial charge in [-0.1, -0.05) is 18.2 Å². The normalized spacial score (nSPS) is 15.6. The fourth-order valence-corrected chi connectivity index (χ4v) is 3.87. The minimum Gasteiger partial charge on any atom is -0.378 e. The number of nitrogens with zero attached hydrogens (tertiary/aromatic N) is 4. The molecule has 0 spiro atoms. The third-order valence-corrected chi connectivity index (χ3v) is 5.97. The van der Waals surface area contributed by atoms with E-state index in [1.807, 2.05) is 37.3 Å². The number of nitrogens with one attached hydrogen (secondary N) is 2. The quantitative estimate of drug-likeness (QED) is 0.603. The zero-order chi connectivity index (χ0) is 23.5. The summed E-state index contributed by atoms with van der Waals surface area (Å²) in [6.45, 7) is 4.18. The molecule has 3 aromatic rings. The van der Waals surface area contributed by atoms with Crippen molar-refractivity contribution >= 4 is 23.4 Å². The first-order chi connectivity index (χ1) is 16.6. The number of urea groups is 1. The number of hydrogen-bond acceptors (Lipinski definition) is 6. The van der Waals surface area contributed by atoms with Gasteiger partial charge in [0.15, 0.2) is 0 Å². The Morgan fingerprint density at radius 3 is 2.59 bits per heavy atom. The average molecular weight is 459 g/mol. The van der Waals surface area contributed by atoms with E-state index in [0.29, 0.717) is 43.5 Å². The number of carbonyl (C=O) groups excluding carboxylic acids is 2. The molecule has 2 N–H and O–H groups in total. The van der Waals surface area contributed by atoms with Crippen molar-refractivity contribution in [1.82, 2.24) is 19.9 Å². The molecule has 0 unspecified atom stereocenters. The van der Waals surface area contributed by atoms with E-state index in [1.54, 1.807) is 17.2 Å². The summed E-state index contributed by atoms with van der Waals surface area (Å²) in [4.78, 5) is 39.5. The molecule has 1 aliphatic heterocycles. The van der Waals surface area contributed by atoms with Gasteiger partial charge in [0.05, 0.1) is 30.8 Å². The molecule has 174 valence electrons. The average Bonchev–Trinajstić information content (AvgIpc) is 3.72. The summed E-state index contributed by atoms with van der Waals surface area (Å²) in [5.74, 6) is 0.613. The summed E-state index contributed by atoms with van der Waals surface area (Å²) in [7, 11) is 0. The van der Waals surface area contributed by atoms with Crippen molar-refractivity contribution in [2.45, 2.75) is 19.8 Å². The number of rotatable bonds is 5. The van der Waals surface area contributed by atoms with Gasteiger partial charge in [-0.25, -0.2) is 14.8 Å². The van der Waals surface area contributed by atoms with E-state index in [1.165, 1.54) is 6.33 Å². The fraction of sp³-hybridized carbons (Fsp3) is 0.320. The number of carbonyl (C=O) groups is 2. The monoisotopic (exact) mass is 458 g/mol. The first kappa shape index (κ1) is 22.0. The van der Waals surface area contributed by atoms with E-state index in [0.717, 1.165) is 35.2 Å². The Balaban J connectivity index is 1.37. The molecule has 1 aliphatic carbocycles. The van der Waals surface area contributed by atoms with E-state index < -0.39 is 0 Å². The number of morpholine rings is 1. The molecule has 34 heavy (non-hydrogen) atoms. The zero-order valence-electron chi connectivity index (χ0n) is 19.0. The second kappa shape index (κ2) is 9.56. The molecule has 5 rings (SSSR count). The van der Waals surface area contributed by atoms with Gasteiger partial charge in [0.25, 0.3) is 0 Å². The van der Waals surface area contributed by atoms with Crippen molar-refractivity contribution in [2.75, 3.05) is 36.9 Å².